The number of rotatable bonds is 4. The zero-order valence-corrected chi connectivity index (χ0v) is 10.1. The van der Waals surface area contributed by atoms with Gasteiger partial charge in [-0.2, -0.15) is 0 Å². The number of hydrogen-bond donors (Lipinski definition) is 1. The summed E-state index contributed by atoms with van der Waals surface area (Å²) in [4.78, 5) is 8.40. The normalized spacial score (nSPS) is 18.4. The van der Waals surface area contributed by atoms with E-state index in [1.165, 1.54) is 0 Å². The van der Waals surface area contributed by atoms with Crippen LogP contribution >= 0.6 is 0 Å². The van der Waals surface area contributed by atoms with E-state index in [0.717, 1.165) is 18.7 Å². The van der Waals surface area contributed by atoms with E-state index in [1.54, 1.807) is 12.4 Å². The molecule has 0 aliphatic carbocycles. The van der Waals surface area contributed by atoms with Crippen LogP contribution in [0.1, 0.15) is 25.1 Å². The molecular formula is C12H14N4O2. The number of ether oxygens (including phenoxy) is 1. The van der Waals surface area contributed by atoms with Gasteiger partial charge < -0.3 is 14.6 Å². The summed E-state index contributed by atoms with van der Waals surface area (Å²) in [5.74, 6) is 1.32. The quantitative estimate of drug-likeness (QED) is 0.882. The van der Waals surface area contributed by atoms with Crippen LogP contribution in [0, 0.1) is 0 Å². The van der Waals surface area contributed by atoms with Crippen LogP contribution in [0.2, 0.25) is 0 Å². The van der Waals surface area contributed by atoms with Gasteiger partial charge in [0.2, 0.25) is 5.88 Å². The maximum atomic E-state index is 5.43. The zero-order valence-electron chi connectivity index (χ0n) is 10.1. The molecule has 94 valence electrons. The van der Waals surface area contributed by atoms with E-state index < -0.39 is 0 Å². The molecule has 0 saturated carbocycles. The first-order chi connectivity index (χ1) is 8.88. The third-order valence-electron chi connectivity index (χ3n) is 2.88. The highest BCUT2D eigenvalue weighted by Gasteiger charge is 2.24. The molecule has 1 aliphatic rings. The van der Waals surface area contributed by atoms with Gasteiger partial charge in [0.15, 0.2) is 11.5 Å². The van der Waals surface area contributed by atoms with Crippen molar-refractivity contribution in [3.63, 3.8) is 0 Å². The molecular weight excluding hydrogens is 232 g/mol. The third kappa shape index (κ3) is 1.95. The lowest BCUT2D eigenvalue weighted by Crippen LogP contribution is -2.34. The van der Waals surface area contributed by atoms with Gasteiger partial charge in [-0.15, -0.1) is 0 Å². The molecule has 18 heavy (non-hydrogen) atoms. The van der Waals surface area contributed by atoms with Crippen LogP contribution in [-0.2, 0) is 0 Å². The SMILES string of the molecule is CCOc1nccnc1-c1cc(C2CCN2)on1. The summed E-state index contributed by atoms with van der Waals surface area (Å²) in [5.41, 5.74) is 1.28. The Hall–Kier alpha value is -1.95. The molecule has 6 heteroatoms. The molecule has 2 aromatic heterocycles. The molecule has 1 saturated heterocycles. The summed E-state index contributed by atoms with van der Waals surface area (Å²) in [5, 5.41) is 7.30. The van der Waals surface area contributed by atoms with E-state index in [4.69, 9.17) is 9.26 Å². The monoisotopic (exact) mass is 246 g/mol. The Morgan fingerprint density at radius 3 is 3.00 bits per heavy atom. The van der Waals surface area contributed by atoms with Gasteiger partial charge in [-0.05, 0) is 19.9 Å². The Labute approximate surface area is 104 Å². The Balaban J connectivity index is 1.91. The summed E-state index contributed by atoms with van der Waals surface area (Å²) in [6, 6.07) is 2.17. The standard InChI is InChI=1S/C12H14N4O2/c1-2-17-12-11(14-5-6-15-12)9-7-10(18-16-9)8-3-4-13-8/h5-8,13H,2-4H2,1H3. The minimum absolute atomic E-state index is 0.276. The van der Waals surface area contributed by atoms with E-state index in [0.29, 0.717) is 23.9 Å². The van der Waals surface area contributed by atoms with Gasteiger partial charge in [0.25, 0.3) is 0 Å². The first kappa shape index (κ1) is 11.2. The van der Waals surface area contributed by atoms with Crippen molar-refractivity contribution >= 4 is 0 Å². The molecule has 1 atom stereocenters. The molecule has 0 spiro atoms. The Kier molecular flexibility index (Phi) is 2.93. The minimum Gasteiger partial charge on any atom is -0.476 e. The summed E-state index contributed by atoms with van der Waals surface area (Å²) in [7, 11) is 0. The molecule has 0 aromatic carbocycles. The van der Waals surface area contributed by atoms with Crippen molar-refractivity contribution < 1.29 is 9.26 Å². The van der Waals surface area contributed by atoms with Crippen LogP contribution in [0.5, 0.6) is 5.88 Å². The summed E-state index contributed by atoms with van der Waals surface area (Å²) < 4.78 is 10.8. The van der Waals surface area contributed by atoms with E-state index in [9.17, 15) is 0 Å². The van der Waals surface area contributed by atoms with Gasteiger partial charge in [0, 0.05) is 18.5 Å². The van der Waals surface area contributed by atoms with E-state index in [1.807, 2.05) is 13.0 Å². The largest absolute Gasteiger partial charge is 0.476 e. The van der Waals surface area contributed by atoms with Crippen LogP contribution in [0.25, 0.3) is 11.4 Å². The summed E-state index contributed by atoms with van der Waals surface area (Å²) in [6.45, 7) is 3.47. The van der Waals surface area contributed by atoms with Crippen LogP contribution in [0.3, 0.4) is 0 Å². The molecule has 1 aliphatic heterocycles. The van der Waals surface area contributed by atoms with Crippen molar-refractivity contribution in [3.05, 3.63) is 24.2 Å². The highest BCUT2D eigenvalue weighted by atomic mass is 16.5. The van der Waals surface area contributed by atoms with Crippen LogP contribution < -0.4 is 10.1 Å². The summed E-state index contributed by atoms with van der Waals surface area (Å²) in [6.07, 6.45) is 4.30. The van der Waals surface area contributed by atoms with E-state index in [-0.39, 0.29) is 6.04 Å². The number of nitrogens with one attached hydrogen (secondary N) is 1. The average Bonchev–Trinajstić information content (AvgIpc) is 2.77. The van der Waals surface area contributed by atoms with Gasteiger partial charge >= 0.3 is 0 Å². The van der Waals surface area contributed by atoms with E-state index >= 15 is 0 Å². The molecule has 1 fully saturated rings. The molecule has 3 heterocycles. The van der Waals surface area contributed by atoms with Crippen molar-refractivity contribution in [2.75, 3.05) is 13.2 Å². The molecule has 3 rings (SSSR count). The highest BCUT2D eigenvalue weighted by Crippen LogP contribution is 2.29. The van der Waals surface area contributed by atoms with Crippen molar-refractivity contribution in [2.45, 2.75) is 19.4 Å². The Morgan fingerprint density at radius 2 is 2.28 bits per heavy atom. The van der Waals surface area contributed by atoms with Crippen molar-refractivity contribution in [1.82, 2.24) is 20.4 Å². The lowest BCUT2D eigenvalue weighted by molar-refractivity contribution is 0.282. The van der Waals surface area contributed by atoms with Crippen molar-refractivity contribution in [3.8, 4) is 17.3 Å². The number of nitrogens with zero attached hydrogens (tertiary/aromatic N) is 3. The maximum absolute atomic E-state index is 5.43. The topological polar surface area (TPSA) is 73.1 Å². The Morgan fingerprint density at radius 1 is 1.44 bits per heavy atom. The summed E-state index contributed by atoms with van der Waals surface area (Å²) >= 11 is 0. The van der Waals surface area contributed by atoms with Crippen molar-refractivity contribution in [1.29, 1.82) is 0 Å². The molecule has 1 unspecified atom stereocenters. The first-order valence-corrected chi connectivity index (χ1v) is 6.02. The van der Waals surface area contributed by atoms with Gasteiger partial charge in [0.1, 0.15) is 5.69 Å². The van der Waals surface area contributed by atoms with Crippen LogP contribution in [0.15, 0.2) is 23.0 Å². The zero-order chi connectivity index (χ0) is 12.4. The Bertz CT molecular complexity index is 536. The smallest absolute Gasteiger partial charge is 0.242 e. The fourth-order valence-electron chi connectivity index (χ4n) is 1.84. The molecule has 1 N–H and O–H groups in total. The molecule has 0 radical (unpaired) electrons. The first-order valence-electron chi connectivity index (χ1n) is 6.02. The van der Waals surface area contributed by atoms with Crippen molar-refractivity contribution in [2.24, 2.45) is 0 Å². The second kappa shape index (κ2) is 4.73. The lowest BCUT2D eigenvalue weighted by atomic mass is 10.0. The average molecular weight is 246 g/mol. The van der Waals surface area contributed by atoms with Crippen LogP contribution in [0.4, 0.5) is 0 Å². The van der Waals surface area contributed by atoms with E-state index in [2.05, 4.69) is 20.4 Å². The van der Waals surface area contributed by atoms with Crippen LogP contribution in [-0.4, -0.2) is 28.3 Å². The third-order valence-corrected chi connectivity index (χ3v) is 2.88. The minimum atomic E-state index is 0.276. The molecule has 0 amide bonds. The molecule has 0 bridgehead atoms. The lowest BCUT2D eigenvalue weighted by Gasteiger charge is -2.24. The predicted octanol–water partition coefficient (Wildman–Crippen LogP) is 1.56. The number of aromatic nitrogens is 3. The van der Waals surface area contributed by atoms with Gasteiger partial charge in [-0.3, -0.25) is 0 Å². The second-order valence-electron chi connectivity index (χ2n) is 4.05. The van der Waals surface area contributed by atoms with Gasteiger partial charge in [0.05, 0.1) is 12.6 Å². The fourth-order valence-corrected chi connectivity index (χ4v) is 1.84. The fraction of sp³-hybridized carbons (Fsp3) is 0.417. The van der Waals surface area contributed by atoms with Gasteiger partial charge in [-0.1, -0.05) is 5.16 Å². The second-order valence-corrected chi connectivity index (χ2v) is 4.05. The highest BCUT2D eigenvalue weighted by molar-refractivity contribution is 5.59. The number of hydrogen-bond acceptors (Lipinski definition) is 6. The molecule has 2 aromatic rings. The maximum Gasteiger partial charge on any atom is 0.242 e. The molecule has 6 nitrogen and oxygen atoms in total. The predicted molar refractivity (Wildman–Crippen MR) is 64.1 cm³/mol. The van der Waals surface area contributed by atoms with Gasteiger partial charge in [-0.25, -0.2) is 9.97 Å².